The topological polar surface area (TPSA) is 67.9 Å². The standard InChI is InChI=1S/C10H12ClN5S/c1-6-15-7(4-17-6)3-16(2)10-8(11)9(12)13-5-14-10/h4-5H,3H2,1-2H3,(H2,12,13,14). The Balaban J connectivity index is 2.20. The molecular formula is C10H12ClN5S. The van der Waals surface area contributed by atoms with Crippen LogP contribution in [0.3, 0.4) is 0 Å². The van der Waals surface area contributed by atoms with Gasteiger partial charge in [0.2, 0.25) is 0 Å². The maximum absolute atomic E-state index is 6.05. The summed E-state index contributed by atoms with van der Waals surface area (Å²) in [5.41, 5.74) is 6.62. The molecule has 0 spiro atoms. The quantitative estimate of drug-likeness (QED) is 0.924. The van der Waals surface area contributed by atoms with E-state index >= 15 is 0 Å². The fraction of sp³-hybridized carbons (Fsp3) is 0.300. The van der Waals surface area contributed by atoms with Crippen LogP contribution in [-0.2, 0) is 6.54 Å². The minimum absolute atomic E-state index is 0.290. The molecule has 5 nitrogen and oxygen atoms in total. The molecule has 0 bridgehead atoms. The normalized spacial score (nSPS) is 10.5. The largest absolute Gasteiger partial charge is 0.382 e. The zero-order chi connectivity index (χ0) is 12.4. The number of hydrogen-bond acceptors (Lipinski definition) is 6. The average molecular weight is 270 g/mol. The Morgan fingerprint density at radius 1 is 1.47 bits per heavy atom. The van der Waals surface area contributed by atoms with Crippen LogP contribution >= 0.6 is 22.9 Å². The number of aryl methyl sites for hydroxylation is 1. The molecule has 0 aromatic carbocycles. The van der Waals surface area contributed by atoms with Gasteiger partial charge in [-0.05, 0) is 6.92 Å². The number of halogens is 1. The molecule has 2 aromatic rings. The van der Waals surface area contributed by atoms with E-state index in [1.165, 1.54) is 6.33 Å². The third-order valence-electron chi connectivity index (χ3n) is 2.23. The van der Waals surface area contributed by atoms with E-state index in [1.807, 2.05) is 24.3 Å². The molecule has 90 valence electrons. The lowest BCUT2D eigenvalue weighted by Crippen LogP contribution is -2.19. The predicted molar refractivity (Wildman–Crippen MR) is 70.4 cm³/mol. The zero-order valence-corrected chi connectivity index (χ0v) is 11.1. The first kappa shape index (κ1) is 12.1. The number of rotatable bonds is 3. The highest BCUT2D eigenvalue weighted by atomic mass is 35.5. The number of nitrogens with two attached hydrogens (primary N) is 1. The molecule has 0 aliphatic carbocycles. The summed E-state index contributed by atoms with van der Waals surface area (Å²) >= 11 is 7.67. The first-order valence-electron chi connectivity index (χ1n) is 4.96. The van der Waals surface area contributed by atoms with E-state index in [-0.39, 0.29) is 5.82 Å². The minimum atomic E-state index is 0.290. The Labute approximate surface area is 108 Å². The third-order valence-corrected chi connectivity index (χ3v) is 3.41. The van der Waals surface area contributed by atoms with Crippen molar-refractivity contribution in [2.24, 2.45) is 0 Å². The van der Waals surface area contributed by atoms with Crippen LogP contribution in [-0.4, -0.2) is 22.0 Å². The summed E-state index contributed by atoms with van der Waals surface area (Å²) in [6.45, 7) is 2.62. The molecule has 0 atom stereocenters. The van der Waals surface area contributed by atoms with Gasteiger partial charge in [0.05, 0.1) is 17.2 Å². The summed E-state index contributed by atoms with van der Waals surface area (Å²) in [5.74, 6) is 0.905. The molecule has 0 saturated carbocycles. The monoisotopic (exact) mass is 269 g/mol. The fourth-order valence-electron chi connectivity index (χ4n) is 1.44. The molecule has 7 heteroatoms. The van der Waals surface area contributed by atoms with Crippen molar-refractivity contribution >= 4 is 34.6 Å². The molecule has 17 heavy (non-hydrogen) atoms. The van der Waals surface area contributed by atoms with Crippen molar-refractivity contribution in [3.63, 3.8) is 0 Å². The summed E-state index contributed by atoms with van der Waals surface area (Å²) in [6, 6.07) is 0. The predicted octanol–water partition coefficient (Wildman–Crippen LogP) is 2.11. The first-order valence-corrected chi connectivity index (χ1v) is 6.22. The number of hydrogen-bond donors (Lipinski definition) is 1. The Bertz CT molecular complexity index is 527. The summed E-state index contributed by atoms with van der Waals surface area (Å²) in [5, 5.41) is 3.44. The van der Waals surface area contributed by atoms with Gasteiger partial charge in [-0.3, -0.25) is 0 Å². The highest BCUT2D eigenvalue weighted by molar-refractivity contribution is 7.09. The SMILES string of the molecule is Cc1nc(CN(C)c2ncnc(N)c2Cl)cs1. The van der Waals surface area contributed by atoms with E-state index in [2.05, 4.69) is 15.0 Å². The molecule has 0 fully saturated rings. The lowest BCUT2D eigenvalue weighted by Gasteiger charge is -2.18. The van der Waals surface area contributed by atoms with E-state index in [4.69, 9.17) is 17.3 Å². The third kappa shape index (κ3) is 2.65. The van der Waals surface area contributed by atoms with Crippen LogP contribution in [0.4, 0.5) is 11.6 Å². The van der Waals surface area contributed by atoms with Crippen LogP contribution in [0.5, 0.6) is 0 Å². The Morgan fingerprint density at radius 3 is 2.88 bits per heavy atom. The highest BCUT2D eigenvalue weighted by Gasteiger charge is 2.12. The van der Waals surface area contributed by atoms with Crippen LogP contribution in [0.2, 0.25) is 5.02 Å². The number of nitrogens with zero attached hydrogens (tertiary/aromatic N) is 4. The summed E-state index contributed by atoms with van der Waals surface area (Å²) < 4.78 is 0. The Morgan fingerprint density at radius 2 is 2.24 bits per heavy atom. The molecule has 2 N–H and O–H groups in total. The molecule has 2 heterocycles. The second-order valence-electron chi connectivity index (χ2n) is 3.61. The van der Waals surface area contributed by atoms with Crippen molar-refractivity contribution < 1.29 is 0 Å². The van der Waals surface area contributed by atoms with E-state index < -0.39 is 0 Å². The van der Waals surface area contributed by atoms with Gasteiger partial charge in [-0.25, -0.2) is 15.0 Å². The van der Waals surface area contributed by atoms with Crippen molar-refractivity contribution in [1.29, 1.82) is 0 Å². The Hall–Kier alpha value is -1.40. The lowest BCUT2D eigenvalue weighted by atomic mass is 10.4. The first-order chi connectivity index (χ1) is 8.08. The van der Waals surface area contributed by atoms with Crippen molar-refractivity contribution in [3.05, 3.63) is 27.4 Å². The number of thiazole rings is 1. The Kier molecular flexibility index (Phi) is 3.44. The minimum Gasteiger partial charge on any atom is -0.382 e. The molecule has 0 aliphatic rings. The van der Waals surface area contributed by atoms with Crippen LogP contribution in [0.15, 0.2) is 11.7 Å². The van der Waals surface area contributed by atoms with Gasteiger partial charge in [-0.15, -0.1) is 11.3 Å². The van der Waals surface area contributed by atoms with Crippen LogP contribution in [0.25, 0.3) is 0 Å². The number of nitrogen functional groups attached to an aromatic ring is 1. The molecule has 0 radical (unpaired) electrons. The van der Waals surface area contributed by atoms with Crippen LogP contribution in [0, 0.1) is 6.92 Å². The fourth-order valence-corrected chi connectivity index (χ4v) is 2.28. The molecule has 2 aromatic heterocycles. The molecule has 0 aliphatic heterocycles. The van der Waals surface area contributed by atoms with Gasteiger partial charge in [0.1, 0.15) is 17.2 Å². The second kappa shape index (κ2) is 4.85. The van der Waals surface area contributed by atoms with Gasteiger partial charge in [0.15, 0.2) is 5.82 Å². The van der Waals surface area contributed by atoms with E-state index in [0.29, 0.717) is 17.4 Å². The van der Waals surface area contributed by atoms with Gasteiger partial charge in [0.25, 0.3) is 0 Å². The van der Waals surface area contributed by atoms with E-state index in [1.54, 1.807) is 11.3 Å². The number of anilines is 2. The summed E-state index contributed by atoms with van der Waals surface area (Å²) in [7, 11) is 1.89. The van der Waals surface area contributed by atoms with Crippen molar-refractivity contribution in [2.45, 2.75) is 13.5 Å². The lowest BCUT2D eigenvalue weighted by molar-refractivity contribution is 0.866. The maximum Gasteiger partial charge on any atom is 0.153 e. The smallest absolute Gasteiger partial charge is 0.153 e. The van der Waals surface area contributed by atoms with E-state index in [0.717, 1.165) is 10.7 Å². The van der Waals surface area contributed by atoms with Crippen molar-refractivity contribution in [3.8, 4) is 0 Å². The van der Waals surface area contributed by atoms with Crippen LogP contribution in [0.1, 0.15) is 10.7 Å². The van der Waals surface area contributed by atoms with Gasteiger partial charge >= 0.3 is 0 Å². The summed E-state index contributed by atoms with van der Waals surface area (Å²) in [6.07, 6.45) is 1.40. The van der Waals surface area contributed by atoms with Crippen molar-refractivity contribution in [2.75, 3.05) is 17.7 Å². The van der Waals surface area contributed by atoms with Gasteiger partial charge in [-0.2, -0.15) is 0 Å². The molecule has 2 rings (SSSR count). The molecule has 0 unspecified atom stereocenters. The van der Waals surface area contributed by atoms with Gasteiger partial charge in [0, 0.05) is 12.4 Å². The molecule has 0 amide bonds. The highest BCUT2D eigenvalue weighted by Crippen LogP contribution is 2.27. The van der Waals surface area contributed by atoms with Crippen LogP contribution < -0.4 is 10.6 Å². The second-order valence-corrected chi connectivity index (χ2v) is 5.05. The zero-order valence-electron chi connectivity index (χ0n) is 9.51. The maximum atomic E-state index is 6.05. The summed E-state index contributed by atoms with van der Waals surface area (Å²) in [4.78, 5) is 14.2. The van der Waals surface area contributed by atoms with Gasteiger partial charge < -0.3 is 10.6 Å². The molecule has 0 saturated heterocycles. The van der Waals surface area contributed by atoms with Gasteiger partial charge in [-0.1, -0.05) is 11.6 Å². The number of aromatic nitrogens is 3. The molecular weight excluding hydrogens is 258 g/mol. The average Bonchev–Trinajstić information content (AvgIpc) is 2.68. The van der Waals surface area contributed by atoms with Crippen molar-refractivity contribution in [1.82, 2.24) is 15.0 Å². The van der Waals surface area contributed by atoms with E-state index in [9.17, 15) is 0 Å².